The van der Waals surface area contributed by atoms with Crippen LogP contribution in [0.2, 0.25) is 10.0 Å². The molecule has 0 aliphatic carbocycles. The first kappa shape index (κ1) is 22.3. The minimum absolute atomic E-state index is 0.635. The highest BCUT2D eigenvalue weighted by Crippen LogP contribution is 2.44. The van der Waals surface area contributed by atoms with E-state index >= 15 is 0 Å². The molecule has 0 nitrogen and oxygen atoms in total. The van der Waals surface area contributed by atoms with Crippen molar-refractivity contribution in [3.05, 3.63) is 141 Å². The summed E-state index contributed by atoms with van der Waals surface area (Å²) in [5.41, 5.74) is 3.58. The first-order chi connectivity index (χ1) is 17.7. The number of halogens is 2. The Balaban J connectivity index is 1.80. The molecule has 0 aliphatic rings. The molecule has 0 N–H and O–H groups in total. The molecule has 0 heterocycles. The van der Waals surface area contributed by atoms with Crippen LogP contribution in [0.1, 0.15) is 22.3 Å². The molecule has 0 aliphatic heterocycles. The van der Waals surface area contributed by atoms with Gasteiger partial charge in [0.25, 0.3) is 0 Å². The molecule has 2 heteroatoms. The summed E-state index contributed by atoms with van der Waals surface area (Å²) in [6.45, 7) is 0. The van der Waals surface area contributed by atoms with Crippen LogP contribution < -0.4 is 0 Å². The van der Waals surface area contributed by atoms with Crippen molar-refractivity contribution < 1.29 is 0 Å². The fraction of sp³-hybridized carbons (Fsp3) is 0. The molecule has 0 fully saturated rings. The van der Waals surface area contributed by atoms with Gasteiger partial charge in [-0.1, -0.05) is 132 Å². The first-order valence-corrected chi connectivity index (χ1v) is 12.4. The number of hydrogen-bond donors (Lipinski definition) is 0. The van der Waals surface area contributed by atoms with Gasteiger partial charge < -0.3 is 0 Å². The van der Waals surface area contributed by atoms with Crippen molar-refractivity contribution in [1.82, 2.24) is 0 Å². The van der Waals surface area contributed by atoms with E-state index in [0.717, 1.165) is 54.6 Å². The van der Waals surface area contributed by atoms with Gasteiger partial charge in [0.1, 0.15) is 0 Å². The van der Waals surface area contributed by atoms with Crippen LogP contribution in [0, 0.1) is 23.7 Å². The van der Waals surface area contributed by atoms with Gasteiger partial charge in [-0.25, -0.2) is 0 Å². The minimum Gasteiger partial charge on any atom is -0.0829 e. The summed E-state index contributed by atoms with van der Waals surface area (Å²) in [5.74, 6) is 13.5. The van der Waals surface area contributed by atoms with Crippen molar-refractivity contribution in [3.63, 3.8) is 0 Å². The highest BCUT2D eigenvalue weighted by Gasteiger charge is 2.20. The van der Waals surface area contributed by atoms with Crippen LogP contribution in [0.4, 0.5) is 0 Å². The molecule has 0 bridgehead atoms. The molecule has 6 rings (SSSR count). The highest BCUT2D eigenvalue weighted by atomic mass is 35.5. The molecule has 6 aromatic carbocycles. The second kappa shape index (κ2) is 9.45. The van der Waals surface area contributed by atoms with Crippen molar-refractivity contribution in [2.24, 2.45) is 0 Å². The summed E-state index contributed by atoms with van der Waals surface area (Å²) >= 11 is 14.3. The fourth-order valence-corrected chi connectivity index (χ4v) is 5.29. The second-order valence-corrected chi connectivity index (χ2v) is 9.21. The van der Waals surface area contributed by atoms with E-state index in [1.165, 1.54) is 0 Å². The number of rotatable bonds is 0. The lowest BCUT2D eigenvalue weighted by Gasteiger charge is -2.16. The lowest BCUT2D eigenvalue weighted by atomic mass is 9.89. The zero-order chi connectivity index (χ0) is 24.5. The van der Waals surface area contributed by atoms with Gasteiger partial charge in [0.15, 0.2) is 0 Å². The first-order valence-electron chi connectivity index (χ1n) is 11.6. The van der Waals surface area contributed by atoms with Crippen LogP contribution in [-0.4, -0.2) is 0 Å². The average Bonchev–Trinajstić information content (AvgIpc) is 2.94. The Bertz CT molecular complexity index is 1760. The van der Waals surface area contributed by atoms with Crippen LogP contribution in [-0.2, 0) is 0 Å². The van der Waals surface area contributed by atoms with Gasteiger partial charge in [0, 0.05) is 43.8 Å². The summed E-state index contributed by atoms with van der Waals surface area (Å²) < 4.78 is 0. The van der Waals surface area contributed by atoms with Crippen LogP contribution in [0.15, 0.2) is 109 Å². The number of hydrogen-bond acceptors (Lipinski definition) is 0. The summed E-state index contributed by atoms with van der Waals surface area (Å²) in [6, 6.07) is 36.1. The van der Waals surface area contributed by atoms with E-state index in [4.69, 9.17) is 23.2 Å². The van der Waals surface area contributed by atoms with Crippen LogP contribution in [0.5, 0.6) is 0 Å². The lowest BCUT2D eigenvalue weighted by Crippen LogP contribution is -1.94. The summed E-state index contributed by atoms with van der Waals surface area (Å²) in [6.07, 6.45) is 0. The summed E-state index contributed by atoms with van der Waals surface area (Å²) in [5, 5.41) is 6.73. The zero-order valence-corrected chi connectivity index (χ0v) is 20.7. The third-order valence-corrected chi connectivity index (χ3v) is 7.05. The molecule has 0 saturated heterocycles. The Labute approximate surface area is 220 Å². The molecular weight excluding hydrogens is 479 g/mol. The molecule has 6 aromatic rings. The van der Waals surface area contributed by atoms with Crippen LogP contribution in [0.25, 0.3) is 32.3 Å². The molecule has 0 saturated carbocycles. The molecular formula is C34H18Cl2. The Kier molecular flexibility index (Phi) is 5.85. The van der Waals surface area contributed by atoms with Gasteiger partial charge in [-0.3, -0.25) is 0 Å². The quantitative estimate of drug-likeness (QED) is 0.145. The van der Waals surface area contributed by atoms with Gasteiger partial charge in [0.2, 0.25) is 0 Å². The zero-order valence-electron chi connectivity index (χ0n) is 19.1. The lowest BCUT2D eigenvalue weighted by molar-refractivity contribution is 1.64. The van der Waals surface area contributed by atoms with E-state index in [2.05, 4.69) is 35.8 Å². The van der Waals surface area contributed by atoms with E-state index in [1.54, 1.807) is 0 Å². The number of fused-ring (bicyclic) bond motifs is 3. The molecule has 0 atom stereocenters. The van der Waals surface area contributed by atoms with Crippen molar-refractivity contribution in [1.29, 1.82) is 0 Å². The normalized spacial score (nSPS) is 10.6. The Morgan fingerprint density at radius 2 is 0.694 bits per heavy atom. The maximum atomic E-state index is 7.15. The SMILES string of the molecule is Clc1c2ccccc2c(Cl)c2c(C#Cc3ccccc3)c3ccccc3c(C#Cc3ccccc3)c12. The Hall–Kier alpha value is -4.20. The van der Waals surface area contributed by atoms with Crippen LogP contribution >= 0.6 is 23.2 Å². The predicted octanol–water partition coefficient (Wildman–Crippen LogP) is 9.25. The molecule has 168 valence electrons. The topological polar surface area (TPSA) is 0 Å². The maximum Gasteiger partial charge on any atom is 0.0577 e. The maximum absolute atomic E-state index is 7.15. The molecule has 0 spiro atoms. The van der Waals surface area contributed by atoms with E-state index in [9.17, 15) is 0 Å². The van der Waals surface area contributed by atoms with Gasteiger partial charge in [-0.15, -0.1) is 0 Å². The van der Waals surface area contributed by atoms with Gasteiger partial charge in [-0.05, 0) is 35.0 Å². The predicted molar refractivity (Wildman–Crippen MR) is 154 cm³/mol. The Morgan fingerprint density at radius 1 is 0.361 bits per heavy atom. The number of benzene rings is 6. The molecule has 0 aromatic heterocycles. The largest absolute Gasteiger partial charge is 0.0829 e. The third kappa shape index (κ3) is 3.88. The third-order valence-electron chi connectivity index (χ3n) is 6.27. The second-order valence-electron chi connectivity index (χ2n) is 8.45. The van der Waals surface area contributed by atoms with E-state index < -0.39 is 0 Å². The smallest absolute Gasteiger partial charge is 0.0577 e. The van der Waals surface area contributed by atoms with E-state index in [-0.39, 0.29) is 0 Å². The minimum atomic E-state index is 0.635. The van der Waals surface area contributed by atoms with Crippen molar-refractivity contribution in [3.8, 4) is 23.7 Å². The van der Waals surface area contributed by atoms with E-state index in [1.807, 2.05) is 97.1 Å². The van der Waals surface area contributed by atoms with Crippen LogP contribution in [0.3, 0.4) is 0 Å². The van der Waals surface area contributed by atoms with Crippen molar-refractivity contribution in [2.45, 2.75) is 0 Å². The summed E-state index contributed by atoms with van der Waals surface area (Å²) in [7, 11) is 0. The molecule has 0 amide bonds. The van der Waals surface area contributed by atoms with Gasteiger partial charge >= 0.3 is 0 Å². The van der Waals surface area contributed by atoms with Gasteiger partial charge in [-0.2, -0.15) is 0 Å². The monoisotopic (exact) mass is 496 g/mol. The van der Waals surface area contributed by atoms with Crippen molar-refractivity contribution >= 4 is 55.5 Å². The standard InChI is InChI=1S/C34H18Cl2/c35-33-29-17-9-10-18-30(29)34(36)32-28(22-20-24-13-5-2-6-14-24)26-16-8-7-15-25(26)27(31(32)33)21-19-23-11-3-1-4-12-23/h1-18H. The average molecular weight is 497 g/mol. The molecule has 0 unspecified atom stereocenters. The van der Waals surface area contributed by atoms with E-state index in [0.29, 0.717) is 10.0 Å². The van der Waals surface area contributed by atoms with Crippen molar-refractivity contribution in [2.75, 3.05) is 0 Å². The highest BCUT2D eigenvalue weighted by molar-refractivity contribution is 6.48. The Morgan fingerprint density at radius 3 is 1.08 bits per heavy atom. The van der Waals surface area contributed by atoms with Gasteiger partial charge in [0.05, 0.1) is 10.0 Å². The molecule has 36 heavy (non-hydrogen) atoms. The summed E-state index contributed by atoms with van der Waals surface area (Å²) in [4.78, 5) is 0. The fourth-order valence-electron chi connectivity index (χ4n) is 4.58. The molecule has 0 radical (unpaired) electrons.